The van der Waals surface area contributed by atoms with Crippen molar-refractivity contribution in [2.45, 2.75) is 33.4 Å². The molecule has 0 aliphatic rings. The van der Waals surface area contributed by atoms with Gasteiger partial charge >= 0.3 is 0 Å². The van der Waals surface area contributed by atoms with Crippen molar-refractivity contribution in [3.05, 3.63) is 71.7 Å². The van der Waals surface area contributed by atoms with E-state index in [9.17, 15) is 9.50 Å². The third-order valence-corrected chi connectivity index (χ3v) is 5.39. The van der Waals surface area contributed by atoms with E-state index in [0.717, 1.165) is 16.9 Å². The molecule has 1 heterocycles. The second-order valence-electron chi connectivity index (χ2n) is 8.99. The fourth-order valence-electron chi connectivity index (χ4n) is 3.65. The number of hydrogen-bond acceptors (Lipinski definition) is 6. The standard InChI is InChI=1S/C27H36FN3O4/c1-20(2)18-34-19-24(32)16-30(14-15-33-4)17-26-21(3)29-31(23-8-6-5-7-9-23)27(26)35-25-12-10-22(28)11-13-25/h5-13,20,24,32H,14-19H2,1-4H3. The predicted molar refractivity (Wildman–Crippen MR) is 134 cm³/mol. The Kier molecular flexibility index (Phi) is 10.2. The van der Waals surface area contributed by atoms with Gasteiger partial charge in [0.15, 0.2) is 0 Å². The van der Waals surface area contributed by atoms with Crippen LogP contribution in [0.5, 0.6) is 11.6 Å². The number of hydrogen-bond donors (Lipinski definition) is 1. The van der Waals surface area contributed by atoms with Crippen LogP contribution in [-0.2, 0) is 16.0 Å². The highest BCUT2D eigenvalue weighted by Gasteiger charge is 2.22. The largest absolute Gasteiger partial charge is 0.439 e. The Morgan fingerprint density at radius 2 is 1.77 bits per heavy atom. The summed E-state index contributed by atoms with van der Waals surface area (Å²) in [6.07, 6.45) is -0.642. The molecule has 0 saturated carbocycles. The smallest absolute Gasteiger partial charge is 0.227 e. The molecule has 0 bridgehead atoms. The highest BCUT2D eigenvalue weighted by Crippen LogP contribution is 2.31. The Morgan fingerprint density at radius 1 is 1.06 bits per heavy atom. The van der Waals surface area contributed by atoms with E-state index in [1.54, 1.807) is 23.9 Å². The van der Waals surface area contributed by atoms with Crippen LogP contribution in [0.3, 0.4) is 0 Å². The van der Waals surface area contributed by atoms with Crippen LogP contribution >= 0.6 is 0 Å². The van der Waals surface area contributed by atoms with Crippen LogP contribution in [-0.4, -0.2) is 65.9 Å². The summed E-state index contributed by atoms with van der Waals surface area (Å²) in [6.45, 7) is 8.98. The summed E-state index contributed by atoms with van der Waals surface area (Å²) in [7, 11) is 1.65. The van der Waals surface area contributed by atoms with E-state index in [0.29, 0.717) is 50.4 Å². The van der Waals surface area contributed by atoms with Gasteiger partial charge < -0.3 is 19.3 Å². The number of aromatic nitrogens is 2. The summed E-state index contributed by atoms with van der Waals surface area (Å²) >= 11 is 0. The molecule has 1 N–H and O–H groups in total. The normalized spacial score (nSPS) is 12.5. The lowest BCUT2D eigenvalue weighted by Gasteiger charge is -2.25. The maximum absolute atomic E-state index is 13.5. The van der Waals surface area contributed by atoms with Gasteiger partial charge in [-0.05, 0) is 49.2 Å². The molecule has 0 aliphatic carbocycles. The van der Waals surface area contributed by atoms with Crippen LogP contribution < -0.4 is 4.74 Å². The van der Waals surface area contributed by atoms with Crippen LogP contribution in [0.2, 0.25) is 0 Å². The molecule has 3 rings (SSSR count). The van der Waals surface area contributed by atoms with Crippen molar-refractivity contribution in [1.82, 2.24) is 14.7 Å². The Hall–Kier alpha value is -2.78. The second kappa shape index (κ2) is 13.3. The van der Waals surface area contributed by atoms with Crippen LogP contribution in [0.15, 0.2) is 54.6 Å². The zero-order valence-electron chi connectivity index (χ0n) is 21.0. The number of aliphatic hydroxyl groups excluding tert-OH is 1. The molecule has 0 amide bonds. The van der Waals surface area contributed by atoms with E-state index in [-0.39, 0.29) is 12.4 Å². The van der Waals surface area contributed by atoms with Crippen molar-refractivity contribution in [1.29, 1.82) is 0 Å². The first kappa shape index (κ1) is 26.8. The topological polar surface area (TPSA) is 69.0 Å². The molecular formula is C27H36FN3O4. The van der Waals surface area contributed by atoms with Gasteiger partial charge in [0.1, 0.15) is 11.6 Å². The molecule has 1 atom stereocenters. The van der Waals surface area contributed by atoms with Gasteiger partial charge in [0.05, 0.1) is 36.3 Å². The lowest BCUT2D eigenvalue weighted by Crippen LogP contribution is -2.37. The summed E-state index contributed by atoms with van der Waals surface area (Å²) in [4.78, 5) is 2.10. The van der Waals surface area contributed by atoms with Gasteiger partial charge in [-0.1, -0.05) is 32.0 Å². The van der Waals surface area contributed by atoms with E-state index in [2.05, 4.69) is 18.7 Å². The summed E-state index contributed by atoms with van der Waals surface area (Å²) in [5.41, 5.74) is 2.54. The fourth-order valence-corrected chi connectivity index (χ4v) is 3.65. The number of aliphatic hydroxyl groups is 1. The Bertz CT molecular complexity index is 1020. The number of ether oxygens (including phenoxy) is 3. The SMILES string of the molecule is COCCN(Cc1c(C)nn(-c2ccccc2)c1Oc1ccc(F)cc1)CC(O)COCC(C)C. The summed E-state index contributed by atoms with van der Waals surface area (Å²) in [5, 5.41) is 15.3. The molecule has 1 aromatic heterocycles. The van der Waals surface area contributed by atoms with E-state index in [4.69, 9.17) is 19.3 Å². The van der Waals surface area contributed by atoms with Crippen molar-refractivity contribution in [2.24, 2.45) is 5.92 Å². The number of halogens is 1. The minimum atomic E-state index is -0.642. The van der Waals surface area contributed by atoms with Gasteiger partial charge in [-0.25, -0.2) is 9.07 Å². The van der Waals surface area contributed by atoms with Crippen molar-refractivity contribution in [3.63, 3.8) is 0 Å². The Balaban J connectivity index is 1.88. The third-order valence-electron chi connectivity index (χ3n) is 5.39. The number of nitrogens with zero attached hydrogens (tertiary/aromatic N) is 3. The van der Waals surface area contributed by atoms with Crippen LogP contribution in [0.4, 0.5) is 4.39 Å². The molecule has 35 heavy (non-hydrogen) atoms. The molecule has 3 aromatic rings. The van der Waals surface area contributed by atoms with E-state index < -0.39 is 6.10 Å². The first-order valence-electron chi connectivity index (χ1n) is 11.9. The van der Waals surface area contributed by atoms with Crippen molar-refractivity contribution < 1.29 is 23.7 Å². The zero-order chi connectivity index (χ0) is 25.2. The number of methoxy groups -OCH3 is 1. The Morgan fingerprint density at radius 3 is 2.43 bits per heavy atom. The quantitative estimate of drug-likeness (QED) is 0.360. The second-order valence-corrected chi connectivity index (χ2v) is 8.99. The van der Waals surface area contributed by atoms with Crippen LogP contribution in [0, 0.1) is 18.7 Å². The van der Waals surface area contributed by atoms with Gasteiger partial charge in [0, 0.05) is 33.4 Å². The molecule has 1 unspecified atom stereocenters. The maximum atomic E-state index is 13.5. The average Bonchev–Trinajstić information content (AvgIpc) is 3.14. The first-order chi connectivity index (χ1) is 16.9. The van der Waals surface area contributed by atoms with E-state index >= 15 is 0 Å². The monoisotopic (exact) mass is 485 g/mol. The lowest BCUT2D eigenvalue weighted by atomic mass is 10.2. The molecule has 2 aromatic carbocycles. The fraction of sp³-hybridized carbons (Fsp3) is 0.444. The summed E-state index contributed by atoms with van der Waals surface area (Å²) in [6, 6.07) is 15.6. The van der Waals surface area contributed by atoms with Crippen LogP contribution in [0.1, 0.15) is 25.1 Å². The number of rotatable bonds is 14. The van der Waals surface area contributed by atoms with Gasteiger partial charge in [0.2, 0.25) is 5.88 Å². The minimum absolute atomic E-state index is 0.267. The highest BCUT2D eigenvalue weighted by molar-refractivity contribution is 5.43. The molecule has 0 aliphatic heterocycles. The molecule has 0 spiro atoms. The van der Waals surface area contributed by atoms with E-state index in [1.165, 1.54) is 12.1 Å². The van der Waals surface area contributed by atoms with Crippen molar-refractivity contribution in [3.8, 4) is 17.3 Å². The van der Waals surface area contributed by atoms with Crippen LogP contribution in [0.25, 0.3) is 5.69 Å². The maximum Gasteiger partial charge on any atom is 0.227 e. The zero-order valence-corrected chi connectivity index (χ0v) is 21.0. The predicted octanol–water partition coefficient (Wildman–Crippen LogP) is 4.59. The molecule has 190 valence electrons. The molecule has 0 fully saturated rings. The molecular weight excluding hydrogens is 449 g/mol. The highest BCUT2D eigenvalue weighted by atomic mass is 19.1. The average molecular weight is 486 g/mol. The number of benzene rings is 2. The number of aryl methyl sites for hydroxylation is 1. The molecule has 0 saturated heterocycles. The lowest BCUT2D eigenvalue weighted by molar-refractivity contribution is 0.00324. The van der Waals surface area contributed by atoms with Gasteiger partial charge in [-0.15, -0.1) is 0 Å². The molecule has 8 heteroatoms. The summed E-state index contributed by atoms with van der Waals surface area (Å²) < 4.78 is 32.4. The van der Waals surface area contributed by atoms with Gasteiger partial charge in [-0.3, -0.25) is 4.90 Å². The Labute approximate surface area is 207 Å². The van der Waals surface area contributed by atoms with Gasteiger partial charge in [0.25, 0.3) is 0 Å². The summed E-state index contributed by atoms with van der Waals surface area (Å²) in [5.74, 6) is 1.14. The first-order valence-corrected chi connectivity index (χ1v) is 11.9. The van der Waals surface area contributed by atoms with Crippen molar-refractivity contribution >= 4 is 0 Å². The minimum Gasteiger partial charge on any atom is -0.439 e. The third kappa shape index (κ3) is 8.14. The van der Waals surface area contributed by atoms with E-state index in [1.807, 2.05) is 37.3 Å². The molecule has 7 nitrogen and oxygen atoms in total. The van der Waals surface area contributed by atoms with Gasteiger partial charge in [-0.2, -0.15) is 5.10 Å². The van der Waals surface area contributed by atoms with Crippen molar-refractivity contribution in [2.75, 3.05) is 40.0 Å². The molecule has 0 radical (unpaired) electrons. The number of para-hydroxylation sites is 1.